The van der Waals surface area contributed by atoms with Gasteiger partial charge in [-0.3, -0.25) is 0 Å². The minimum absolute atomic E-state index is 0.470. The highest BCUT2D eigenvalue weighted by Gasteiger charge is 2.52. The Morgan fingerprint density at radius 2 is 1.73 bits per heavy atom. The number of hydrogen-bond acceptors (Lipinski definition) is 1. The number of nitrogens with two attached hydrogens (primary N) is 1. The molecule has 0 aliphatic heterocycles. The van der Waals surface area contributed by atoms with Crippen LogP contribution in [0.15, 0.2) is 0 Å². The normalized spacial score (nSPS) is 21.5. The lowest BCUT2D eigenvalue weighted by atomic mass is 9.74. The fourth-order valence-corrected chi connectivity index (χ4v) is 1.30. The minimum atomic E-state index is -2.69. The number of hydrogen-bond donors (Lipinski definition) is 1. The van der Waals surface area contributed by atoms with E-state index >= 15 is 0 Å². The van der Waals surface area contributed by atoms with E-state index in [1.54, 1.807) is 0 Å². The predicted octanol–water partition coefficient (Wildman–Crippen LogP) is 2.16. The zero-order valence-electron chi connectivity index (χ0n) is 7.03. The second kappa shape index (κ2) is 2.41. The summed E-state index contributed by atoms with van der Waals surface area (Å²) in [4.78, 5) is 0. The molecule has 1 aliphatic rings. The van der Waals surface area contributed by atoms with E-state index in [1.165, 1.54) is 13.8 Å². The van der Waals surface area contributed by atoms with Crippen LogP contribution in [0.3, 0.4) is 0 Å². The van der Waals surface area contributed by atoms with Gasteiger partial charge in [-0.25, -0.2) is 8.78 Å². The summed E-state index contributed by atoms with van der Waals surface area (Å²) in [5.74, 6) is -3.16. The van der Waals surface area contributed by atoms with E-state index < -0.39 is 17.4 Å². The monoisotopic (exact) mass is 163 g/mol. The average Bonchev–Trinajstić information content (AvgIpc) is 1.53. The van der Waals surface area contributed by atoms with Crippen LogP contribution in [0.2, 0.25) is 0 Å². The highest BCUT2D eigenvalue weighted by atomic mass is 19.3. The molecule has 0 aromatic carbocycles. The molecule has 1 rings (SSSR count). The minimum Gasteiger partial charge on any atom is -0.321 e. The van der Waals surface area contributed by atoms with Crippen LogP contribution >= 0.6 is 0 Å². The molecule has 0 bridgehead atoms. The Kier molecular flexibility index (Phi) is 1.95. The van der Waals surface area contributed by atoms with E-state index in [2.05, 4.69) is 0 Å². The van der Waals surface area contributed by atoms with Gasteiger partial charge in [-0.15, -0.1) is 0 Å². The van der Waals surface area contributed by atoms with Crippen LogP contribution in [0.4, 0.5) is 8.78 Å². The first-order valence-corrected chi connectivity index (χ1v) is 4.02. The maximum Gasteiger partial charge on any atom is 0.267 e. The van der Waals surface area contributed by atoms with Gasteiger partial charge in [0.25, 0.3) is 5.92 Å². The quantitative estimate of drug-likeness (QED) is 0.663. The molecule has 0 aromatic rings. The van der Waals surface area contributed by atoms with Crippen LogP contribution < -0.4 is 5.73 Å². The van der Waals surface area contributed by atoms with Crippen LogP contribution in [0.25, 0.3) is 0 Å². The molecule has 3 heteroatoms. The second-order valence-electron chi connectivity index (χ2n) is 3.97. The van der Waals surface area contributed by atoms with Crippen molar-refractivity contribution in [2.75, 3.05) is 0 Å². The second-order valence-corrected chi connectivity index (χ2v) is 3.97. The van der Waals surface area contributed by atoms with Gasteiger partial charge in [-0.2, -0.15) is 0 Å². The lowest BCUT2D eigenvalue weighted by Crippen LogP contribution is -2.56. The molecule has 1 nitrogen and oxygen atoms in total. The molecule has 1 fully saturated rings. The number of rotatable bonds is 2. The maximum atomic E-state index is 13.3. The van der Waals surface area contributed by atoms with Crippen molar-refractivity contribution in [1.29, 1.82) is 0 Å². The van der Waals surface area contributed by atoms with Crippen LogP contribution in [-0.4, -0.2) is 11.5 Å². The maximum absolute atomic E-state index is 13.3. The first kappa shape index (κ1) is 8.91. The fourth-order valence-electron chi connectivity index (χ4n) is 1.30. The highest BCUT2D eigenvalue weighted by Crippen LogP contribution is 2.44. The molecule has 0 unspecified atom stereocenters. The Morgan fingerprint density at radius 3 is 1.82 bits per heavy atom. The van der Waals surface area contributed by atoms with Crippen LogP contribution in [-0.2, 0) is 0 Å². The van der Waals surface area contributed by atoms with Gasteiger partial charge in [0.2, 0.25) is 0 Å². The molecule has 2 N–H and O–H groups in total. The van der Waals surface area contributed by atoms with Crippen molar-refractivity contribution in [2.24, 2.45) is 11.7 Å². The fraction of sp³-hybridized carbons (Fsp3) is 1.00. The smallest absolute Gasteiger partial charge is 0.267 e. The molecule has 0 saturated heterocycles. The van der Waals surface area contributed by atoms with Gasteiger partial charge in [0.1, 0.15) is 0 Å². The molecule has 0 aromatic heterocycles. The van der Waals surface area contributed by atoms with Crippen molar-refractivity contribution in [3.63, 3.8) is 0 Å². The molecule has 1 aliphatic carbocycles. The van der Waals surface area contributed by atoms with Crippen molar-refractivity contribution in [1.82, 2.24) is 0 Å². The molecular formula is C8H15F2N. The Balaban J connectivity index is 2.64. The van der Waals surface area contributed by atoms with E-state index in [4.69, 9.17) is 5.73 Å². The Hall–Kier alpha value is -0.180. The third-order valence-electron chi connectivity index (χ3n) is 2.48. The predicted molar refractivity (Wildman–Crippen MR) is 40.6 cm³/mol. The van der Waals surface area contributed by atoms with E-state index in [-0.39, 0.29) is 0 Å². The van der Waals surface area contributed by atoms with Crippen LogP contribution in [0.1, 0.15) is 33.1 Å². The van der Waals surface area contributed by atoms with Crippen molar-refractivity contribution >= 4 is 0 Å². The van der Waals surface area contributed by atoms with Gasteiger partial charge in [-0.1, -0.05) is 6.42 Å². The summed E-state index contributed by atoms with van der Waals surface area (Å²) >= 11 is 0. The number of alkyl halides is 2. The highest BCUT2D eigenvalue weighted by molar-refractivity contribution is 4.97. The van der Waals surface area contributed by atoms with Crippen LogP contribution in [0.5, 0.6) is 0 Å². The standard InChI is InChI=1S/C8H15F2N/c1-7(2,11)8(9,10)6-4-3-5-6/h6H,3-5,11H2,1-2H3. The summed E-state index contributed by atoms with van der Waals surface area (Å²) in [6.07, 6.45) is 2.19. The largest absolute Gasteiger partial charge is 0.321 e. The van der Waals surface area contributed by atoms with E-state index in [9.17, 15) is 8.78 Å². The van der Waals surface area contributed by atoms with Crippen molar-refractivity contribution in [3.05, 3.63) is 0 Å². The first-order valence-electron chi connectivity index (χ1n) is 4.02. The molecule has 0 atom stereocenters. The first-order chi connectivity index (χ1) is 4.86. The number of halogens is 2. The average molecular weight is 163 g/mol. The zero-order chi connectivity index (χ0) is 8.70. The van der Waals surface area contributed by atoms with Gasteiger partial charge in [0, 0.05) is 5.92 Å². The SMILES string of the molecule is CC(C)(N)C(F)(F)C1CCC1. The Morgan fingerprint density at radius 1 is 1.27 bits per heavy atom. The van der Waals surface area contributed by atoms with Gasteiger partial charge < -0.3 is 5.73 Å². The lowest BCUT2D eigenvalue weighted by molar-refractivity contribution is -0.133. The van der Waals surface area contributed by atoms with Crippen molar-refractivity contribution < 1.29 is 8.78 Å². The topological polar surface area (TPSA) is 26.0 Å². The molecule has 11 heavy (non-hydrogen) atoms. The Bertz CT molecular complexity index is 145. The summed E-state index contributed by atoms with van der Waals surface area (Å²) in [7, 11) is 0. The summed E-state index contributed by atoms with van der Waals surface area (Å²) < 4.78 is 26.5. The van der Waals surface area contributed by atoms with E-state index in [0.29, 0.717) is 12.8 Å². The summed E-state index contributed by atoms with van der Waals surface area (Å²) in [5.41, 5.74) is 4.01. The Labute approximate surface area is 66.0 Å². The van der Waals surface area contributed by atoms with Gasteiger partial charge in [0.15, 0.2) is 0 Å². The van der Waals surface area contributed by atoms with E-state index in [1.807, 2.05) is 0 Å². The molecule has 0 radical (unpaired) electrons. The molecule has 0 amide bonds. The van der Waals surface area contributed by atoms with Crippen molar-refractivity contribution in [3.8, 4) is 0 Å². The summed E-state index contributed by atoms with van der Waals surface area (Å²) in [5, 5.41) is 0. The summed E-state index contributed by atoms with van der Waals surface area (Å²) in [6, 6.07) is 0. The van der Waals surface area contributed by atoms with Gasteiger partial charge in [-0.05, 0) is 26.7 Å². The van der Waals surface area contributed by atoms with Crippen molar-refractivity contribution in [2.45, 2.75) is 44.6 Å². The third-order valence-corrected chi connectivity index (χ3v) is 2.48. The summed E-state index contributed by atoms with van der Waals surface area (Å²) in [6.45, 7) is 2.79. The van der Waals surface area contributed by atoms with Gasteiger partial charge >= 0.3 is 0 Å². The molecule has 0 spiro atoms. The molecule has 0 heterocycles. The van der Waals surface area contributed by atoms with Crippen LogP contribution in [0, 0.1) is 5.92 Å². The van der Waals surface area contributed by atoms with Gasteiger partial charge in [0.05, 0.1) is 5.54 Å². The molecular weight excluding hydrogens is 148 g/mol. The lowest BCUT2D eigenvalue weighted by Gasteiger charge is -2.41. The molecule has 1 saturated carbocycles. The van der Waals surface area contributed by atoms with E-state index in [0.717, 1.165) is 6.42 Å². The zero-order valence-corrected chi connectivity index (χ0v) is 7.03. The third kappa shape index (κ3) is 1.39. The molecule has 66 valence electrons.